The Morgan fingerprint density at radius 3 is 2.63 bits per heavy atom. The first-order chi connectivity index (χ1) is 8.81. The lowest BCUT2D eigenvalue weighted by atomic mass is 10.1. The molecule has 110 valence electrons. The van der Waals surface area contributed by atoms with Crippen LogP contribution in [-0.2, 0) is 19.0 Å². The van der Waals surface area contributed by atoms with Crippen LogP contribution in [0.5, 0.6) is 0 Å². The molecule has 6 nitrogen and oxygen atoms in total. The Hall–Kier alpha value is -1.30. The zero-order valence-corrected chi connectivity index (χ0v) is 12.1. The van der Waals surface area contributed by atoms with Crippen LogP contribution in [0.4, 0.5) is 4.79 Å². The fraction of sp³-hybridized carbons (Fsp3) is 0.846. The molecule has 1 heterocycles. The van der Waals surface area contributed by atoms with Crippen molar-refractivity contribution in [3.63, 3.8) is 0 Å². The predicted octanol–water partition coefficient (Wildman–Crippen LogP) is 1.58. The van der Waals surface area contributed by atoms with Crippen LogP contribution in [0.1, 0.15) is 33.6 Å². The first-order valence-electron chi connectivity index (χ1n) is 6.48. The van der Waals surface area contributed by atoms with Crippen LogP contribution < -0.4 is 0 Å². The van der Waals surface area contributed by atoms with Gasteiger partial charge >= 0.3 is 12.1 Å². The summed E-state index contributed by atoms with van der Waals surface area (Å²) in [5, 5.41) is 0. The molecular weight excluding hydrogens is 250 g/mol. The largest absolute Gasteiger partial charge is 0.469 e. The van der Waals surface area contributed by atoms with E-state index in [1.807, 2.05) is 20.8 Å². The number of rotatable bonds is 3. The summed E-state index contributed by atoms with van der Waals surface area (Å²) in [6.07, 6.45) is 0.370. The van der Waals surface area contributed by atoms with Crippen LogP contribution in [0.3, 0.4) is 0 Å². The number of carbonyl (C=O) groups is 2. The summed E-state index contributed by atoms with van der Waals surface area (Å²) in [6.45, 7) is 6.93. The number of amides is 1. The number of methoxy groups -OCH3 is 1. The highest BCUT2D eigenvalue weighted by molar-refractivity contribution is 5.69. The quantitative estimate of drug-likeness (QED) is 0.730. The maximum absolute atomic E-state index is 11.9. The van der Waals surface area contributed by atoms with Gasteiger partial charge in [-0.15, -0.1) is 0 Å². The van der Waals surface area contributed by atoms with E-state index in [-0.39, 0.29) is 18.2 Å². The van der Waals surface area contributed by atoms with Crippen molar-refractivity contribution >= 4 is 12.1 Å². The van der Waals surface area contributed by atoms with E-state index in [0.29, 0.717) is 32.5 Å². The van der Waals surface area contributed by atoms with Gasteiger partial charge in [-0.1, -0.05) is 0 Å². The SMILES string of the molecule is COC(=O)CC[C@@H]1CN(C(=O)OC(C)(C)C)CCO1. The standard InChI is InChI=1S/C13H23NO5/c1-13(2,3)19-12(16)14-7-8-18-10(9-14)5-6-11(15)17-4/h10H,5-9H2,1-4H3/t10-/m1/s1. The highest BCUT2D eigenvalue weighted by Gasteiger charge is 2.28. The van der Waals surface area contributed by atoms with E-state index in [9.17, 15) is 9.59 Å². The molecule has 1 amide bonds. The Morgan fingerprint density at radius 1 is 1.37 bits per heavy atom. The van der Waals surface area contributed by atoms with Crippen LogP contribution in [-0.4, -0.2) is 55.5 Å². The van der Waals surface area contributed by atoms with Crippen molar-refractivity contribution in [1.29, 1.82) is 0 Å². The average Bonchev–Trinajstić information content (AvgIpc) is 2.34. The molecule has 0 saturated carbocycles. The van der Waals surface area contributed by atoms with E-state index in [1.54, 1.807) is 4.90 Å². The summed E-state index contributed by atoms with van der Waals surface area (Å²) in [5.41, 5.74) is -0.503. The van der Waals surface area contributed by atoms with E-state index in [0.717, 1.165) is 0 Å². The molecule has 0 N–H and O–H groups in total. The van der Waals surface area contributed by atoms with Gasteiger partial charge in [0.2, 0.25) is 0 Å². The van der Waals surface area contributed by atoms with Gasteiger partial charge < -0.3 is 19.1 Å². The van der Waals surface area contributed by atoms with Crippen LogP contribution in [0, 0.1) is 0 Å². The molecule has 0 aromatic heterocycles. The highest BCUT2D eigenvalue weighted by Crippen LogP contribution is 2.15. The molecule has 0 aromatic carbocycles. The van der Waals surface area contributed by atoms with Gasteiger partial charge in [-0.25, -0.2) is 4.79 Å². The van der Waals surface area contributed by atoms with E-state index >= 15 is 0 Å². The van der Waals surface area contributed by atoms with E-state index in [1.165, 1.54) is 7.11 Å². The third kappa shape index (κ3) is 5.92. The molecule has 0 unspecified atom stereocenters. The molecule has 1 atom stereocenters. The minimum atomic E-state index is -0.503. The molecule has 0 aliphatic carbocycles. The second kappa shape index (κ2) is 6.75. The Morgan fingerprint density at radius 2 is 2.05 bits per heavy atom. The molecule has 0 bridgehead atoms. The maximum atomic E-state index is 11.9. The van der Waals surface area contributed by atoms with Gasteiger partial charge in [0.25, 0.3) is 0 Å². The van der Waals surface area contributed by atoms with Gasteiger partial charge in [-0.05, 0) is 27.2 Å². The lowest BCUT2D eigenvalue weighted by molar-refractivity contribution is -0.141. The molecule has 1 saturated heterocycles. The monoisotopic (exact) mass is 273 g/mol. The van der Waals surface area contributed by atoms with Gasteiger partial charge in [0.1, 0.15) is 5.60 Å². The van der Waals surface area contributed by atoms with Gasteiger partial charge in [-0.3, -0.25) is 4.79 Å². The summed E-state index contributed by atoms with van der Waals surface area (Å²) in [7, 11) is 1.36. The fourth-order valence-corrected chi connectivity index (χ4v) is 1.77. The lowest BCUT2D eigenvalue weighted by Crippen LogP contribution is -2.47. The van der Waals surface area contributed by atoms with Crippen molar-refractivity contribution in [2.75, 3.05) is 26.8 Å². The zero-order chi connectivity index (χ0) is 14.5. The summed E-state index contributed by atoms with van der Waals surface area (Å²) >= 11 is 0. The number of hydrogen-bond donors (Lipinski definition) is 0. The number of nitrogens with zero attached hydrogens (tertiary/aromatic N) is 1. The van der Waals surface area contributed by atoms with Gasteiger partial charge in [0.05, 0.1) is 26.4 Å². The normalized spacial score (nSPS) is 20.0. The summed E-state index contributed by atoms with van der Waals surface area (Å²) in [4.78, 5) is 24.6. The van der Waals surface area contributed by atoms with Crippen molar-refractivity contribution in [1.82, 2.24) is 4.90 Å². The van der Waals surface area contributed by atoms with Crippen molar-refractivity contribution in [2.45, 2.75) is 45.3 Å². The summed E-state index contributed by atoms with van der Waals surface area (Å²) in [5.74, 6) is -0.266. The predicted molar refractivity (Wildman–Crippen MR) is 68.8 cm³/mol. The highest BCUT2D eigenvalue weighted by atomic mass is 16.6. The minimum Gasteiger partial charge on any atom is -0.469 e. The Labute approximate surface area is 114 Å². The average molecular weight is 273 g/mol. The number of carbonyl (C=O) groups excluding carboxylic acids is 2. The topological polar surface area (TPSA) is 65.1 Å². The Balaban J connectivity index is 2.41. The summed E-state index contributed by atoms with van der Waals surface area (Å²) < 4.78 is 15.4. The maximum Gasteiger partial charge on any atom is 0.410 e. The number of esters is 1. The van der Waals surface area contributed by atoms with Crippen LogP contribution >= 0.6 is 0 Å². The van der Waals surface area contributed by atoms with Crippen LogP contribution in [0.2, 0.25) is 0 Å². The number of hydrogen-bond acceptors (Lipinski definition) is 5. The number of morpholine rings is 1. The molecular formula is C13H23NO5. The van der Waals surface area contributed by atoms with Gasteiger partial charge in [0.15, 0.2) is 0 Å². The van der Waals surface area contributed by atoms with E-state index < -0.39 is 5.60 Å². The third-order valence-electron chi connectivity index (χ3n) is 2.69. The van der Waals surface area contributed by atoms with Gasteiger partial charge in [0, 0.05) is 13.0 Å². The first kappa shape index (κ1) is 15.8. The van der Waals surface area contributed by atoms with E-state index in [2.05, 4.69) is 4.74 Å². The van der Waals surface area contributed by atoms with Crippen LogP contribution in [0.15, 0.2) is 0 Å². The second-order valence-corrected chi connectivity index (χ2v) is 5.53. The van der Waals surface area contributed by atoms with Gasteiger partial charge in [-0.2, -0.15) is 0 Å². The van der Waals surface area contributed by atoms with Crippen molar-refractivity contribution < 1.29 is 23.8 Å². The Bertz CT molecular complexity index is 323. The first-order valence-corrected chi connectivity index (χ1v) is 6.48. The molecule has 19 heavy (non-hydrogen) atoms. The molecule has 1 fully saturated rings. The third-order valence-corrected chi connectivity index (χ3v) is 2.69. The van der Waals surface area contributed by atoms with Crippen molar-refractivity contribution in [3.05, 3.63) is 0 Å². The van der Waals surface area contributed by atoms with Crippen molar-refractivity contribution in [2.24, 2.45) is 0 Å². The van der Waals surface area contributed by atoms with E-state index in [4.69, 9.17) is 9.47 Å². The number of ether oxygens (including phenoxy) is 3. The molecule has 0 spiro atoms. The Kier molecular flexibility index (Phi) is 5.60. The lowest BCUT2D eigenvalue weighted by Gasteiger charge is -2.34. The van der Waals surface area contributed by atoms with Crippen molar-refractivity contribution in [3.8, 4) is 0 Å². The zero-order valence-electron chi connectivity index (χ0n) is 12.1. The van der Waals surface area contributed by atoms with Crippen LogP contribution in [0.25, 0.3) is 0 Å². The molecule has 1 aliphatic rings. The second-order valence-electron chi connectivity index (χ2n) is 5.53. The smallest absolute Gasteiger partial charge is 0.410 e. The fourth-order valence-electron chi connectivity index (χ4n) is 1.77. The molecule has 1 rings (SSSR count). The minimum absolute atomic E-state index is 0.139. The molecule has 0 aromatic rings. The molecule has 0 radical (unpaired) electrons. The molecule has 6 heteroatoms. The molecule has 1 aliphatic heterocycles. The summed E-state index contributed by atoms with van der Waals surface area (Å²) in [6, 6.07) is 0.